The van der Waals surface area contributed by atoms with Crippen molar-refractivity contribution in [1.82, 2.24) is 15.0 Å². The maximum atomic E-state index is 13.1. The van der Waals surface area contributed by atoms with E-state index in [-0.39, 0.29) is 18.2 Å². The molecule has 2 amide bonds. The van der Waals surface area contributed by atoms with E-state index in [4.69, 9.17) is 0 Å². The molecule has 0 spiro atoms. The Morgan fingerprint density at radius 2 is 1.69 bits per heavy atom. The van der Waals surface area contributed by atoms with E-state index in [1.807, 2.05) is 43.3 Å². The van der Waals surface area contributed by atoms with E-state index in [2.05, 4.69) is 15.7 Å². The minimum Gasteiger partial charge on any atom is -0.352 e. The van der Waals surface area contributed by atoms with E-state index in [9.17, 15) is 14.4 Å². The zero-order valence-corrected chi connectivity index (χ0v) is 17.5. The van der Waals surface area contributed by atoms with Crippen LogP contribution in [0.5, 0.6) is 0 Å². The first kappa shape index (κ1) is 21.0. The number of amides is 2. The largest absolute Gasteiger partial charge is 0.352 e. The van der Waals surface area contributed by atoms with Crippen molar-refractivity contribution in [2.24, 2.45) is 0 Å². The van der Waals surface area contributed by atoms with E-state index >= 15 is 0 Å². The third-order valence-electron chi connectivity index (χ3n) is 4.99. The summed E-state index contributed by atoms with van der Waals surface area (Å²) < 4.78 is 1.06. The van der Waals surface area contributed by atoms with Gasteiger partial charge in [-0.25, -0.2) is 9.66 Å². The SMILES string of the molecule is Cc1cccc(C(=O)Nn2c(CC(=O)NCc3ccccc3)nc3ccccc3c2=O)c1. The van der Waals surface area contributed by atoms with Gasteiger partial charge in [-0.15, -0.1) is 0 Å². The number of hydrogen-bond acceptors (Lipinski definition) is 4. The third kappa shape index (κ3) is 4.73. The molecule has 32 heavy (non-hydrogen) atoms. The fourth-order valence-corrected chi connectivity index (χ4v) is 3.37. The lowest BCUT2D eigenvalue weighted by Crippen LogP contribution is -2.38. The Morgan fingerprint density at radius 3 is 2.47 bits per heavy atom. The zero-order chi connectivity index (χ0) is 22.5. The number of nitrogens with one attached hydrogen (secondary N) is 2. The highest BCUT2D eigenvalue weighted by molar-refractivity contribution is 6.00. The van der Waals surface area contributed by atoms with Crippen LogP contribution >= 0.6 is 0 Å². The number of aromatic nitrogens is 2. The smallest absolute Gasteiger partial charge is 0.280 e. The zero-order valence-electron chi connectivity index (χ0n) is 17.5. The predicted molar refractivity (Wildman–Crippen MR) is 123 cm³/mol. The van der Waals surface area contributed by atoms with Gasteiger partial charge in [0.1, 0.15) is 5.82 Å². The monoisotopic (exact) mass is 426 g/mol. The molecule has 3 aromatic carbocycles. The summed E-state index contributed by atoms with van der Waals surface area (Å²) in [5.74, 6) is -0.617. The number of carbonyl (C=O) groups is 2. The predicted octanol–water partition coefficient (Wildman–Crippen LogP) is 2.95. The molecule has 2 N–H and O–H groups in total. The lowest BCUT2D eigenvalue weighted by Gasteiger charge is -2.15. The number of nitrogens with zero attached hydrogens (tertiary/aromatic N) is 2. The van der Waals surface area contributed by atoms with Crippen molar-refractivity contribution in [3.05, 3.63) is 112 Å². The highest BCUT2D eigenvalue weighted by Gasteiger charge is 2.17. The summed E-state index contributed by atoms with van der Waals surface area (Å²) in [6, 6.07) is 23.4. The number of para-hydroxylation sites is 1. The number of hydrogen-bond donors (Lipinski definition) is 2. The van der Waals surface area contributed by atoms with Gasteiger partial charge in [-0.1, -0.05) is 60.2 Å². The van der Waals surface area contributed by atoms with Crippen LogP contribution in [-0.4, -0.2) is 21.5 Å². The average molecular weight is 426 g/mol. The highest BCUT2D eigenvalue weighted by Crippen LogP contribution is 2.09. The quantitative estimate of drug-likeness (QED) is 0.496. The topological polar surface area (TPSA) is 93.1 Å². The van der Waals surface area contributed by atoms with Crippen LogP contribution in [0.4, 0.5) is 0 Å². The van der Waals surface area contributed by atoms with Crippen molar-refractivity contribution in [2.75, 3.05) is 5.43 Å². The molecule has 0 atom stereocenters. The Labute approximate surface area is 184 Å². The summed E-state index contributed by atoms with van der Waals surface area (Å²) >= 11 is 0. The molecule has 1 aromatic heterocycles. The fraction of sp³-hybridized carbons (Fsp3) is 0.120. The number of carbonyl (C=O) groups excluding carboxylic acids is 2. The van der Waals surface area contributed by atoms with Crippen LogP contribution in [0.25, 0.3) is 10.9 Å². The maximum absolute atomic E-state index is 13.1. The minimum absolute atomic E-state index is 0.153. The van der Waals surface area contributed by atoms with Crippen LogP contribution in [0.2, 0.25) is 0 Å². The van der Waals surface area contributed by atoms with Gasteiger partial charge in [0.05, 0.1) is 17.3 Å². The molecule has 0 saturated heterocycles. The normalized spacial score (nSPS) is 10.7. The summed E-state index contributed by atoms with van der Waals surface area (Å²) in [6.45, 7) is 2.23. The Morgan fingerprint density at radius 1 is 0.938 bits per heavy atom. The first-order valence-corrected chi connectivity index (χ1v) is 10.2. The summed E-state index contributed by atoms with van der Waals surface area (Å²) in [7, 11) is 0. The Balaban J connectivity index is 1.63. The molecule has 4 rings (SSSR count). The highest BCUT2D eigenvalue weighted by atomic mass is 16.2. The lowest BCUT2D eigenvalue weighted by molar-refractivity contribution is -0.120. The molecule has 1 heterocycles. The molecule has 0 radical (unpaired) electrons. The number of aryl methyl sites for hydroxylation is 1. The van der Waals surface area contributed by atoms with E-state index in [1.165, 1.54) is 0 Å². The van der Waals surface area contributed by atoms with Crippen molar-refractivity contribution in [3.8, 4) is 0 Å². The number of benzene rings is 3. The van der Waals surface area contributed by atoms with Gasteiger partial charge in [0.25, 0.3) is 11.5 Å². The second kappa shape index (κ2) is 9.26. The van der Waals surface area contributed by atoms with Gasteiger partial charge in [0.2, 0.25) is 5.91 Å². The lowest BCUT2D eigenvalue weighted by atomic mass is 10.1. The first-order chi connectivity index (χ1) is 15.5. The van der Waals surface area contributed by atoms with Crippen molar-refractivity contribution < 1.29 is 9.59 Å². The van der Waals surface area contributed by atoms with E-state index in [1.54, 1.807) is 42.5 Å². The summed E-state index contributed by atoms with van der Waals surface area (Å²) in [6.07, 6.45) is -0.166. The van der Waals surface area contributed by atoms with E-state index in [0.29, 0.717) is 23.0 Å². The molecule has 7 nitrogen and oxygen atoms in total. The second-order valence-corrected chi connectivity index (χ2v) is 7.44. The molecular weight excluding hydrogens is 404 g/mol. The van der Waals surface area contributed by atoms with Gasteiger partial charge < -0.3 is 5.32 Å². The molecular formula is C25H22N4O3. The van der Waals surface area contributed by atoms with Crippen LogP contribution in [0.15, 0.2) is 83.7 Å². The van der Waals surface area contributed by atoms with Gasteiger partial charge in [-0.05, 0) is 36.8 Å². The summed E-state index contributed by atoms with van der Waals surface area (Å²) in [5.41, 5.74) is 4.92. The maximum Gasteiger partial charge on any atom is 0.280 e. The molecule has 0 fully saturated rings. The van der Waals surface area contributed by atoms with Crippen LogP contribution in [-0.2, 0) is 17.8 Å². The second-order valence-electron chi connectivity index (χ2n) is 7.44. The van der Waals surface area contributed by atoms with Crippen molar-refractivity contribution >= 4 is 22.7 Å². The molecule has 0 aliphatic rings. The third-order valence-corrected chi connectivity index (χ3v) is 4.99. The molecule has 0 aliphatic carbocycles. The molecule has 4 aromatic rings. The van der Waals surface area contributed by atoms with E-state index in [0.717, 1.165) is 15.8 Å². The van der Waals surface area contributed by atoms with Gasteiger partial charge >= 0.3 is 0 Å². The molecule has 0 saturated carbocycles. The molecule has 0 unspecified atom stereocenters. The van der Waals surface area contributed by atoms with E-state index < -0.39 is 11.5 Å². The molecule has 7 heteroatoms. The van der Waals surface area contributed by atoms with Gasteiger partial charge in [0.15, 0.2) is 0 Å². The Hall–Kier alpha value is -4.26. The Kier molecular flexibility index (Phi) is 6.07. The standard InChI is InChI=1S/C25H22N4O3/c1-17-8-7-11-19(14-17)24(31)28-29-22(27-21-13-6-5-12-20(21)25(29)32)15-23(30)26-16-18-9-3-2-4-10-18/h2-14H,15-16H2,1H3,(H,26,30)(H,28,31). The fourth-order valence-electron chi connectivity index (χ4n) is 3.37. The number of fused-ring (bicyclic) bond motifs is 1. The summed E-state index contributed by atoms with van der Waals surface area (Å²) in [5, 5.41) is 3.18. The average Bonchev–Trinajstić information content (AvgIpc) is 2.81. The van der Waals surface area contributed by atoms with Gasteiger partial charge in [-0.2, -0.15) is 0 Å². The van der Waals surface area contributed by atoms with Crippen molar-refractivity contribution in [2.45, 2.75) is 19.9 Å². The van der Waals surface area contributed by atoms with Crippen LogP contribution in [0, 0.1) is 6.92 Å². The Bertz CT molecular complexity index is 1350. The summed E-state index contributed by atoms with van der Waals surface area (Å²) in [4.78, 5) is 43.0. The van der Waals surface area contributed by atoms with Gasteiger partial charge in [0, 0.05) is 12.1 Å². The van der Waals surface area contributed by atoms with Crippen LogP contribution in [0.1, 0.15) is 27.3 Å². The number of rotatable bonds is 6. The van der Waals surface area contributed by atoms with Crippen LogP contribution < -0.4 is 16.3 Å². The minimum atomic E-state index is -0.459. The molecule has 0 bridgehead atoms. The molecule has 0 aliphatic heterocycles. The molecule has 160 valence electrons. The first-order valence-electron chi connectivity index (χ1n) is 10.2. The van der Waals surface area contributed by atoms with Gasteiger partial charge in [-0.3, -0.25) is 19.8 Å². The van der Waals surface area contributed by atoms with Crippen molar-refractivity contribution in [1.29, 1.82) is 0 Å². The van der Waals surface area contributed by atoms with Crippen LogP contribution in [0.3, 0.4) is 0 Å². The van der Waals surface area contributed by atoms with Crippen molar-refractivity contribution in [3.63, 3.8) is 0 Å².